The highest BCUT2D eigenvalue weighted by atomic mass is 16.6. The van der Waals surface area contributed by atoms with Gasteiger partial charge in [-0.2, -0.15) is 0 Å². The molecule has 0 saturated carbocycles. The second-order valence-corrected chi connectivity index (χ2v) is 3.97. The van der Waals surface area contributed by atoms with Gasteiger partial charge in [0.1, 0.15) is 0 Å². The lowest BCUT2D eigenvalue weighted by atomic mass is 10.1. The van der Waals surface area contributed by atoms with E-state index in [-0.39, 0.29) is 19.1 Å². The van der Waals surface area contributed by atoms with E-state index in [1.807, 2.05) is 0 Å². The summed E-state index contributed by atoms with van der Waals surface area (Å²) >= 11 is 0. The average Bonchev–Trinajstić information content (AvgIpc) is 2.19. The first kappa shape index (κ1) is 11.4. The van der Waals surface area contributed by atoms with Gasteiger partial charge in [-0.05, 0) is 13.8 Å². The van der Waals surface area contributed by atoms with Crippen molar-refractivity contribution in [3.63, 3.8) is 0 Å². The van der Waals surface area contributed by atoms with Crippen LogP contribution in [0.25, 0.3) is 0 Å². The number of aliphatic hydroxyl groups is 1. The van der Waals surface area contributed by atoms with Crippen molar-refractivity contribution in [2.75, 3.05) is 26.4 Å². The van der Waals surface area contributed by atoms with Gasteiger partial charge in [-0.15, -0.1) is 0 Å². The predicted molar refractivity (Wildman–Crippen MR) is 49.9 cm³/mol. The van der Waals surface area contributed by atoms with Gasteiger partial charge in [0.25, 0.3) is 5.91 Å². The van der Waals surface area contributed by atoms with Crippen LogP contribution < -0.4 is 5.32 Å². The van der Waals surface area contributed by atoms with Crippen molar-refractivity contribution in [2.45, 2.75) is 25.5 Å². The highest BCUT2D eigenvalue weighted by Crippen LogP contribution is 2.05. The van der Waals surface area contributed by atoms with E-state index in [1.165, 1.54) is 0 Å². The van der Waals surface area contributed by atoms with Crippen LogP contribution in [0, 0.1) is 0 Å². The molecule has 0 aliphatic carbocycles. The quantitative estimate of drug-likeness (QED) is 0.636. The minimum atomic E-state index is -0.613. The van der Waals surface area contributed by atoms with Gasteiger partial charge >= 0.3 is 0 Å². The van der Waals surface area contributed by atoms with E-state index in [1.54, 1.807) is 13.8 Å². The molecule has 0 aromatic rings. The van der Waals surface area contributed by atoms with Gasteiger partial charge in [0, 0.05) is 0 Å². The minimum Gasteiger partial charge on any atom is -0.394 e. The molecular weight excluding hydrogens is 186 g/mol. The average molecular weight is 203 g/mol. The van der Waals surface area contributed by atoms with Crippen LogP contribution >= 0.6 is 0 Å². The Bertz CT molecular complexity index is 199. The zero-order valence-electron chi connectivity index (χ0n) is 8.58. The summed E-state index contributed by atoms with van der Waals surface area (Å²) in [6.45, 7) is 4.65. The summed E-state index contributed by atoms with van der Waals surface area (Å²) < 4.78 is 10.3. The number of amides is 1. The molecule has 1 amide bonds. The number of hydrogen-bond donors (Lipinski definition) is 2. The van der Waals surface area contributed by atoms with Gasteiger partial charge in [0.15, 0.2) is 6.10 Å². The Morgan fingerprint density at radius 3 is 2.79 bits per heavy atom. The monoisotopic (exact) mass is 203 g/mol. The Morgan fingerprint density at radius 2 is 2.29 bits per heavy atom. The summed E-state index contributed by atoms with van der Waals surface area (Å²) in [6.07, 6.45) is -0.547. The molecular formula is C9H17NO4. The molecule has 0 aromatic heterocycles. The Kier molecular flexibility index (Phi) is 3.86. The molecule has 5 nitrogen and oxygen atoms in total. The Labute approximate surface area is 83.4 Å². The van der Waals surface area contributed by atoms with Crippen LogP contribution in [0.3, 0.4) is 0 Å². The van der Waals surface area contributed by atoms with E-state index < -0.39 is 11.6 Å². The number of hydrogen-bond acceptors (Lipinski definition) is 4. The molecule has 0 bridgehead atoms. The molecule has 82 valence electrons. The first-order valence-corrected chi connectivity index (χ1v) is 4.67. The second kappa shape index (κ2) is 4.72. The highest BCUT2D eigenvalue weighted by molar-refractivity contribution is 5.81. The van der Waals surface area contributed by atoms with Gasteiger partial charge in [0.05, 0.1) is 32.0 Å². The van der Waals surface area contributed by atoms with Gasteiger partial charge in [-0.25, -0.2) is 0 Å². The second-order valence-electron chi connectivity index (χ2n) is 3.97. The van der Waals surface area contributed by atoms with E-state index in [0.717, 1.165) is 0 Å². The number of carbonyl (C=O) groups excluding carboxylic acids is 1. The SMILES string of the molecule is CC(C)(CO)NC(=O)C1COCCO1. The number of carbonyl (C=O) groups is 1. The molecule has 1 saturated heterocycles. The molecule has 14 heavy (non-hydrogen) atoms. The lowest BCUT2D eigenvalue weighted by molar-refractivity contribution is -0.149. The summed E-state index contributed by atoms with van der Waals surface area (Å²) in [7, 11) is 0. The molecule has 0 radical (unpaired) electrons. The topological polar surface area (TPSA) is 67.8 Å². The van der Waals surface area contributed by atoms with Crippen molar-refractivity contribution >= 4 is 5.91 Å². The summed E-state index contributed by atoms with van der Waals surface area (Å²) in [6, 6.07) is 0. The zero-order chi connectivity index (χ0) is 10.6. The van der Waals surface area contributed by atoms with E-state index in [0.29, 0.717) is 13.2 Å². The molecule has 1 rings (SSSR count). The molecule has 2 N–H and O–H groups in total. The highest BCUT2D eigenvalue weighted by Gasteiger charge is 2.27. The third-order valence-electron chi connectivity index (χ3n) is 1.97. The number of ether oxygens (including phenoxy) is 2. The number of rotatable bonds is 3. The molecule has 1 aliphatic heterocycles. The molecule has 1 atom stereocenters. The third kappa shape index (κ3) is 3.25. The van der Waals surface area contributed by atoms with Crippen LogP contribution in [-0.2, 0) is 14.3 Å². The van der Waals surface area contributed by atoms with E-state index in [9.17, 15) is 4.79 Å². The molecule has 1 unspecified atom stereocenters. The Balaban J connectivity index is 2.40. The van der Waals surface area contributed by atoms with Crippen molar-refractivity contribution in [1.29, 1.82) is 0 Å². The largest absolute Gasteiger partial charge is 0.394 e. The van der Waals surface area contributed by atoms with Gasteiger partial charge in [-0.3, -0.25) is 4.79 Å². The van der Waals surface area contributed by atoms with Crippen molar-refractivity contribution < 1.29 is 19.4 Å². The van der Waals surface area contributed by atoms with Crippen LogP contribution in [0.2, 0.25) is 0 Å². The molecule has 1 heterocycles. The normalized spacial score (nSPS) is 23.2. The van der Waals surface area contributed by atoms with Crippen LogP contribution in [0.4, 0.5) is 0 Å². The van der Waals surface area contributed by atoms with Crippen LogP contribution in [0.5, 0.6) is 0 Å². The molecule has 1 aliphatic rings. The van der Waals surface area contributed by atoms with Crippen LogP contribution in [-0.4, -0.2) is 49.1 Å². The predicted octanol–water partition coefficient (Wildman–Crippen LogP) is -0.711. The summed E-state index contributed by atoms with van der Waals surface area (Å²) in [5.41, 5.74) is -0.613. The van der Waals surface area contributed by atoms with E-state index in [2.05, 4.69) is 5.32 Å². The van der Waals surface area contributed by atoms with Gasteiger partial charge < -0.3 is 19.9 Å². The maximum Gasteiger partial charge on any atom is 0.252 e. The van der Waals surface area contributed by atoms with Gasteiger partial charge in [0.2, 0.25) is 0 Å². The molecule has 5 heteroatoms. The fourth-order valence-electron chi connectivity index (χ4n) is 1.09. The fraction of sp³-hybridized carbons (Fsp3) is 0.889. The van der Waals surface area contributed by atoms with Crippen molar-refractivity contribution in [3.8, 4) is 0 Å². The van der Waals surface area contributed by atoms with E-state index in [4.69, 9.17) is 14.6 Å². The van der Waals surface area contributed by atoms with Gasteiger partial charge in [-0.1, -0.05) is 0 Å². The number of aliphatic hydroxyl groups excluding tert-OH is 1. The third-order valence-corrected chi connectivity index (χ3v) is 1.97. The van der Waals surface area contributed by atoms with Crippen molar-refractivity contribution in [2.24, 2.45) is 0 Å². The fourth-order valence-corrected chi connectivity index (χ4v) is 1.09. The zero-order valence-corrected chi connectivity index (χ0v) is 8.58. The lowest BCUT2D eigenvalue weighted by Crippen LogP contribution is -2.52. The Hall–Kier alpha value is -0.650. The maximum atomic E-state index is 11.5. The smallest absolute Gasteiger partial charge is 0.252 e. The Morgan fingerprint density at radius 1 is 1.57 bits per heavy atom. The summed E-state index contributed by atoms with van der Waals surface area (Å²) in [5.74, 6) is -0.233. The van der Waals surface area contributed by atoms with Crippen LogP contribution in [0.1, 0.15) is 13.8 Å². The van der Waals surface area contributed by atoms with Crippen molar-refractivity contribution in [3.05, 3.63) is 0 Å². The minimum absolute atomic E-state index is 0.105. The molecule has 0 aromatic carbocycles. The first-order valence-electron chi connectivity index (χ1n) is 4.67. The van der Waals surface area contributed by atoms with E-state index >= 15 is 0 Å². The van der Waals surface area contributed by atoms with Crippen LogP contribution in [0.15, 0.2) is 0 Å². The maximum absolute atomic E-state index is 11.5. The molecule has 0 spiro atoms. The molecule has 1 fully saturated rings. The lowest BCUT2D eigenvalue weighted by Gasteiger charge is -2.28. The van der Waals surface area contributed by atoms with Crippen molar-refractivity contribution in [1.82, 2.24) is 5.32 Å². The number of nitrogens with one attached hydrogen (secondary N) is 1. The first-order chi connectivity index (χ1) is 6.55. The summed E-state index contributed by atoms with van der Waals surface area (Å²) in [5, 5.41) is 11.6. The standard InChI is InChI=1S/C9H17NO4/c1-9(2,6-11)10-8(12)7-5-13-3-4-14-7/h7,11H,3-6H2,1-2H3,(H,10,12). The summed E-state index contributed by atoms with van der Waals surface area (Å²) in [4.78, 5) is 11.5.